The zero-order valence-electron chi connectivity index (χ0n) is 8.46. The van der Waals surface area contributed by atoms with Gasteiger partial charge in [0, 0.05) is 0 Å². The highest BCUT2D eigenvalue weighted by molar-refractivity contribution is 5.88. The largest absolute Gasteiger partial charge is 0.369 e. The molecule has 5 nitrogen and oxygen atoms in total. The predicted octanol–water partition coefficient (Wildman–Crippen LogP) is -0.585. The van der Waals surface area contributed by atoms with Gasteiger partial charge in [-0.2, -0.15) is 0 Å². The van der Waals surface area contributed by atoms with Crippen molar-refractivity contribution in [3.8, 4) is 0 Å². The minimum Gasteiger partial charge on any atom is -0.369 e. The minimum atomic E-state index is -0.754. The van der Waals surface area contributed by atoms with Crippen LogP contribution in [0.15, 0.2) is 12.2 Å². The van der Waals surface area contributed by atoms with Gasteiger partial charge in [0.1, 0.15) is 0 Å². The van der Waals surface area contributed by atoms with Crippen molar-refractivity contribution in [2.24, 2.45) is 29.4 Å². The number of hydroxylamine groups is 1. The van der Waals surface area contributed by atoms with Crippen LogP contribution in [0.5, 0.6) is 0 Å². The van der Waals surface area contributed by atoms with Crippen molar-refractivity contribution in [3.63, 3.8) is 0 Å². The summed E-state index contributed by atoms with van der Waals surface area (Å²) >= 11 is 0. The number of hydrogen-bond acceptors (Lipinski definition) is 3. The zero-order chi connectivity index (χ0) is 11.2. The Morgan fingerprint density at radius 2 is 2.00 bits per heavy atom. The highest BCUT2D eigenvalue weighted by atomic mass is 16.5. The molecule has 5 heteroatoms. The van der Waals surface area contributed by atoms with Gasteiger partial charge in [-0.3, -0.25) is 14.8 Å². The lowest BCUT2D eigenvalue weighted by Gasteiger charge is -2.23. The van der Waals surface area contributed by atoms with Crippen LogP contribution in [-0.4, -0.2) is 17.0 Å². The number of amides is 2. The minimum absolute atomic E-state index is 0.0126. The molecule has 0 heterocycles. The highest BCUT2D eigenvalue weighted by Crippen LogP contribution is 2.47. The van der Waals surface area contributed by atoms with Crippen molar-refractivity contribution >= 4 is 11.8 Å². The van der Waals surface area contributed by atoms with Gasteiger partial charge in [-0.05, 0) is 18.3 Å². The third-order valence-electron chi connectivity index (χ3n) is 3.17. The van der Waals surface area contributed by atoms with E-state index in [1.165, 1.54) is 0 Å². The first-order valence-electron chi connectivity index (χ1n) is 4.96. The fourth-order valence-corrected chi connectivity index (χ4v) is 2.61. The molecule has 1 fully saturated rings. The molecule has 2 aliphatic rings. The van der Waals surface area contributed by atoms with Gasteiger partial charge >= 0.3 is 0 Å². The Morgan fingerprint density at radius 1 is 1.43 bits per heavy atom. The van der Waals surface area contributed by atoms with Crippen LogP contribution in [0, 0.1) is 23.7 Å². The average molecular weight is 197 g/mol. The quantitative estimate of drug-likeness (QED) is 0.314. The summed E-state index contributed by atoms with van der Waals surface area (Å²) in [6, 6.07) is 0. The molecule has 0 saturated heterocycles. The maximum atomic E-state index is 11.5. The van der Waals surface area contributed by atoms with Gasteiger partial charge in [0.05, 0.1) is 11.8 Å². The molecule has 76 valence electrons. The van der Waals surface area contributed by atoms with E-state index < -0.39 is 23.7 Å². The van der Waals surface area contributed by atoms with E-state index >= 15 is 0 Å². The third-order valence-corrected chi connectivity index (χ3v) is 3.17. The number of allylic oxidation sites excluding steroid dienone is 2. The third kappa shape index (κ3) is 1.13. The SMILES string of the molecule is [2H]N(O)C(=O)C1C2C=CC(C2)C1C(N)=O. The summed E-state index contributed by atoms with van der Waals surface area (Å²) in [5.41, 5.74) is 5.03. The number of hydrogen-bond donors (Lipinski definition) is 3. The Bertz CT molecular complexity index is 342. The smallest absolute Gasteiger partial charge is 0.247 e. The second kappa shape index (κ2) is 3.09. The topological polar surface area (TPSA) is 92.4 Å². The Labute approximate surface area is 82.4 Å². The number of carbonyl (C=O) groups is 2. The molecule has 4 atom stereocenters. The second-order valence-corrected chi connectivity index (χ2v) is 3.84. The first-order valence-corrected chi connectivity index (χ1v) is 4.51. The molecule has 2 aliphatic carbocycles. The van der Waals surface area contributed by atoms with E-state index in [-0.39, 0.29) is 17.3 Å². The number of nitrogens with one attached hydrogen (secondary N) is 1. The van der Waals surface area contributed by atoms with Gasteiger partial charge in [0.2, 0.25) is 11.8 Å². The summed E-state index contributed by atoms with van der Waals surface area (Å²) in [5, 5.41) is 8.78. The van der Waals surface area contributed by atoms with Crippen LogP contribution in [0.3, 0.4) is 0 Å². The normalized spacial score (nSPS) is 39.6. The van der Waals surface area contributed by atoms with Crippen molar-refractivity contribution < 1.29 is 16.2 Å². The van der Waals surface area contributed by atoms with Crippen LogP contribution < -0.4 is 11.2 Å². The molecule has 0 aromatic heterocycles. The molecule has 0 aliphatic heterocycles. The van der Waals surface area contributed by atoms with E-state index in [0.29, 0.717) is 6.42 Å². The fourth-order valence-electron chi connectivity index (χ4n) is 2.61. The zero-order valence-corrected chi connectivity index (χ0v) is 7.46. The molecule has 0 radical (unpaired) electrons. The molecule has 0 aromatic rings. The second-order valence-electron chi connectivity index (χ2n) is 3.84. The van der Waals surface area contributed by atoms with E-state index in [1.807, 2.05) is 12.2 Å². The summed E-state index contributed by atoms with van der Waals surface area (Å²) in [4.78, 5) is 22.7. The first kappa shape index (κ1) is 7.99. The van der Waals surface area contributed by atoms with Gasteiger partial charge in [-0.1, -0.05) is 12.2 Å². The standard InChI is InChI=1S/C9H12N2O3/c10-8(12)6-4-1-2-5(3-4)7(6)9(13)11-14/h1-2,4-7,14H,3H2,(H2,10,12)(H,11,13)/i/hD. The van der Waals surface area contributed by atoms with Gasteiger partial charge in [0.25, 0.3) is 0 Å². The summed E-state index contributed by atoms with van der Waals surface area (Å²) in [7, 11) is 0. The molecule has 0 aromatic carbocycles. The van der Waals surface area contributed by atoms with Crippen LogP contribution >= 0.6 is 0 Å². The van der Waals surface area contributed by atoms with Gasteiger partial charge < -0.3 is 5.73 Å². The van der Waals surface area contributed by atoms with E-state index in [2.05, 4.69) is 0 Å². The molecule has 4 unspecified atom stereocenters. The monoisotopic (exact) mass is 197 g/mol. The van der Waals surface area contributed by atoms with Gasteiger partial charge in [-0.15, -0.1) is 0 Å². The van der Waals surface area contributed by atoms with E-state index in [0.717, 1.165) is 0 Å². The van der Waals surface area contributed by atoms with Crippen LogP contribution in [0.1, 0.15) is 6.42 Å². The Morgan fingerprint density at radius 3 is 2.50 bits per heavy atom. The number of rotatable bonds is 2. The van der Waals surface area contributed by atoms with E-state index in [1.54, 1.807) is 0 Å². The molecule has 14 heavy (non-hydrogen) atoms. The fraction of sp³-hybridized carbons (Fsp3) is 0.556. The lowest BCUT2D eigenvalue weighted by Crippen LogP contribution is -2.41. The average Bonchev–Trinajstić information content (AvgIpc) is 2.74. The number of primary amides is 1. The maximum Gasteiger partial charge on any atom is 0.247 e. The lowest BCUT2D eigenvalue weighted by atomic mass is 9.82. The van der Waals surface area contributed by atoms with Crippen LogP contribution in [-0.2, 0) is 9.59 Å². The Kier molecular flexibility index (Phi) is 1.77. The summed E-state index contributed by atoms with van der Waals surface area (Å²) in [5.74, 6) is -2.61. The molecular formula is C9H12N2O3. The maximum absolute atomic E-state index is 11.5. The molecule has 1 saturated carbocycles. The molecule has 2 bridgehead atoms. The predicted molar refractivity (Wildman–Crippen MR) is 46.8 cm³/mol. The Balaban J connectivity index is 2.27. The van der Waals surface area contributed by atoms with E-state index in [9.17, 15) is 9.59 Å². The van der Waals surface area contributed by atoms with Crippen LogP contribution in [0.4, 0.5) is 0 Å². The van der Waals surface area contributed by atoms with Crippen molar-refractivity contribution in [1.29, 1.82) is 0 Å². The van der Waals surface area contributed by atoms with Crippen LogP contribution in [0.2, 0.25) is 1.41 Å². The first-order chi connectivity index (χ1) is 7.02. The van der Waals surface area contributed by atoms with Crippen molar-refractivity contribution in [2.45, 2.75) is 6.42 Å². The number of nitrogens with two attached hydrogens (primary N) is 1. The Hall–Kier alpha value is -1.36. The number of fused-ring (bicyclic) bond motifs is 2. The molecular weight excluding hydrogens is 184 g/mol. The molecule has 2 rings (SSSR count). The molecule has 2 amide bonds. The highest BCUT2D eigenvalue weighted by Gasteiger charge is 2.50. The molecule has 4 N–H and O–H groups in total. The summed E-state index contributed by atoms with van der Waals surface area (Å²) < 4.78 is 6.82. The van der Waals surface area contributed by atoms with Crippen LogP contribution in [0.25, 0.3) is 0 Å². The molecule has 0 spiro atoms. The van der Waals surface area contributed by atoms with Crippen molar-refractivity contribution in [3.05, 3.63) is 12.2 Å². The number of carbonyl (C=O) groups excluding carboxylic acids is 2. The summed E-state index contributed by atoms with van der Waals surface area (Å²) in [6.45, 7) is 0. The van der Waals surface area contributed by atoms with Gasteiger partial charge in [-0.25, -0.2) is 5.47 Å². The summed E-state index contributed by atoms with van der Waals surface area (Å²) in [6.07, 6.45) is 4.45. The van der Waals surface area contributed by atoms with Crippen molar-refractivity contribution in [1.82, 2.24) is 5.47 Å². The van der Waals surface area contributed by atoms with Crippen molar-refractivity contribution in [2.75, 3.05) is 0 Å². The lowest BCUT2D eigenvalue weighted by molar-refractivity contribution is -0.139. The van der Waals surface area contributed by atoms with Gasteiger partial charge in [0.15, 0.2) is 1.41 Å². The van der Waals surface area contributed by atoms with E-state index in [4.69, 9.17) is 12.4 Å².